The average molecular weight is 204 g/mol. The molecule has 0 aromatic heterocycles. The largest absolute Gasteiger partial charge is 0.383 e. The fraction of sp³-hybridized carbons (Fsp3) is 0.538. The van der Waals surface area contributed by atoms with Gasteiger partial charge in [0.05, 0.1) is 11.4 Å². The number of hydrogen-bond acceptors (Lipinski definition) is 2. The Bertz CT molecular complexity index is 346. The Morgan fingerprint density at radius 2 is 2.27 bits per heavy atom. The highest BCUT2D eigenvalue weighted by Gasteiger charge is 2.15. The molecule has 1 aliphatic rings. The van der Waals surface area contributed by atoms with Crippen LogP contribution in [0.2, 0.25) is 0 Å². The Hall–Kier alpha value is -1.18. The molecular weight excluding hydrogens is 184 g/mol. The van der Waals surface area contributed by atoms with E-state index in [1.54, 1.807) is 0 Å². The maximum absolute atomic E-state index is 3.54. The van der Waals surface area contributed by atoms with Gasteiger partial charge in [-0.1, -0.05) is 19.9 Å². The number of nitrogens with one attached hydrogen (secondary N) is 1. The smallest absolute Gasteiger partial charge is 0.0599 e. The number of rotatable bonds is 1. The summed E-state index contributed by atoms with van der Waals surface area (Å²) in [6.45, 7) is 6.69. The molecule has 1 aromatic carbocycles. The molecule has 15 heavy (non-hydrogen) atoms. The van der Waals surface area contributed by atoms with Crippen LogP contribution in [0.5, 0.6) is 0 Å². The quantitative estimate of drug-likeness (QED) is 0.756. The van der Waals surface area contributed by atoms with E-state index in [1.807, 2.05) is 0 Å². The number of fused-ring (bicyclic) bond motifs is 1. The summed E-state index contributed by atoms with van der Waals surface area (Å²) in [5, 5.41) is 3.54. The van der Waals surface area contributed by atoms with Crippen LogP contribution in [-0.4, -0.2) is 20.1 Å². The van der Waals surface area contributed by atoms with Gasteiger partial charge in [0.15, 0.2) is 0 Å². The Labute approximate surface area is 92.3 Å². The van der Waals surface area contributed by atoms with Crippen LogP contribution in [-0.2, 0) is 6.42 Å². The van der Waals surface area contributed by atoms with Crippen LogP contribution in [0.1, 0.15) is 19.4 Å². The van der Waals surface area contributed by atoms with Crippen LogP contribution in [0.25, 0.3) is 0 Å². The van der Waals surface area contributed by atoms with E-state index in [-0.39, 0.29) is 0 Å². The van der Waals surface area contributed by atoms with Crippen molar-refractivity contribution in [1.29, 1.82) is 0 Å². The summed E-state index contributed by atoms with van der Waals surface area (Å²) in [6, 6.07) is 6.75. The van der Waals surface area contributed by atoms with Crippen molar-refractivity contribution in [2.45, 2.75) is 20.3 Å². The van der Waals surface area contributed by atoms with Gasteiger partial charge in [-0.15, -0.1) is 0 Å². The lowest BCUT2D eigenvalue weighted by Gasteiger charge is -2.20. The van der Waals surface area contributed by atoms with E-state index in [1.165, 1.54) is 16.9 Å². The first kappa shape index (κ1) is 10.3. The number of benzene rings is 1. The molecular formula is C13H20N2. The average Bonchev–Trinajstić information content (AvgIpc) is 2.38. The van der Waals surface area contributed by atoms with Crippen LogP contribution in [0, 0.1) is 5.92 Å². The van der Waals surface area contributed by atoms with Crippen molar-refractivity contribution in [2.24, 2.45) is 5.92 Å². The lowest BCUT2D eigenvalue weighted by Crippen LogP contribution is -2.23. The lowest BCUT2D eigenvalue weighted by atomic mass is 10.1. The summed E-state index contributed by atoms with van der Waals surface area (Å²) < 4.78 is 0. The molecule has 0 amide bonds. The van der Waals surface area contributed by atoms with Gasteiger partial charge in [-0.2, -0.15) is 0 Å². The monoisotopic (exact) mass is 204 g/mol. The van der Waals surface area contributed by atoms with E-state index in [0.29, 0.717) is 5.92 Å². The molecule has 1 atom stereocenters. The van der Waals surface area contributed by atoms with Crippen LogP contribution in [0.4, 0.5) is 11.4 Å². The summed E-state index contributed by atoms with van der Waals surface area (Å²) >= 11 is 0. The van der Waals surface area contributed by atoms with Crippen molar-refractivity contribution in [3.63, 3.8) is 0 Å². The fourth-order valence-corrected chi connectivity index (χ4v) is 2.19. The molecule has 0 aliphatic carbocycles. The molecule has 2 heteroatoms. The Morgan fingerprint density at radius 3 is 3.00 bits per heavy atom. The molecule has 1 heterocycles. The summed E-state index contributed by atoms with van der Waals surface area (Å²) in [6.07, 6.45) is 1.11. The zero-order valence-electron chi connectivity index (χ0n) is 9.88. The topological polar surface area (TPSA) is 15.3 Å². The van der Waals surface area contributed by atoms with E-state index in [2.05, 4.69) is 49.3 Å². The van der Waals surface area contributed by atoms with Crippen molar-refractivity contribution >= 4 is 11.4 Å². The van der Waals surface area contributed by atoms with Gasteiger partial charge in [-0.3, -0.25) is 0 Å². The Balaban J connectivity index is 2.35. The molecule has 1 aromatic rings. The summed E-state index contributed by atoms with van der Waals surface area (Å²) in [5.41, 5.74) is 4.03. The standard InChI is InChI=1S/C13H20N2/c1-4-11-5-6-13-12(7-11)14-8-10(2)9-15(13)3/h5-7,10,14H,4,8-9H2,1-3H3. The zero-order chi connectivity index (χ0) is 10.8. The van der Waals surface area contributed by atoms with Gasteiger partial charge in [0, 0.05) is 20.1 Å². The van der Waals surface area contributed by atoms with Crippen LogP contribution < -0.4 is 10.2 Å². The highest BCUT2D eigenvalue weighted by atomic mass is 15.1. The fourth-order valence-electron chi connectivity index (χ4n) is 2.19. The molecule has 82 valence electrons. The molecule has 2 rings (SSSR count). The first-order valence-corrected chi connectivity index (χ1v) is 5.78. The Kier molecular flexibility index (Phi) is 2.85. The minimum absolute atomic E-state index is 0.701. The van der Waals surface area contributed by atoms with Gasteiger partial charge in [0.25, 0.3) is 0 Å². The summed E-state index contributed by atoms with van der Waals surface area (Å²) in [4.78, 5) is 2.35. The molecule has 0 saturated carbocycles. The van der Waals surface area contributed by atoms with Gasteiger partial charge in [0.2, 0.25) is 0 Å². The molecule has 0 spiro atoms. The van der Waals surface area contributed by atoms with Crippen molar-refractivity contribution in [2.75, 3.05) is 30.4 Å². The van der Waals surface area contributed by atoms with Gasteiger partial charge in [-0.05, 0) is 30.0 Å². The van der Waals surface area contributed by atoms with Crippen molar-refractivity contribution < 1.29 is 0 Å². The molecule has 1 aliphatic heterocycles. The van der Waals surface area contributed by atoms with Crippen molar-refractivity contribution in [3.8, 4) is 0 Å². The molecule has 0 bridgehead atoms. The Morgan fingerprint density at radius 1 is 1.47 bits per heavy atom. The first-order valence-electron chi connectivity index (χ1n) is 5.78. The molecule has 0 radical (unpaired) electrons. The normalized spacial score (nSPS) is 20.5. The predicted molar refractivity (Wildman–Crippen MR) is 66.7 cm³/mol. The minimum Gasteiger partial charge on any atom is -0.383 e. The molecule has 2 nitrogen and oxygen atoms in total. The van der Waals surface area contributed by atoms with Crippen LogP contribution in [0.15, 0.2) is 18.2 Å². The van der Waals surface area contributed by atoms with Gasteiger partial charge < -0.3 is 10.2 Å². The zero-order valence-corrected chi connectivity index (χ0v) is 9.88. The van der Waals surface area contributed by atoms with E-state index < -0.39 is 0 Å². The van der Waals surface area contributed by atoms with Gasteiger partial charge in [0.1, 0.15) is 0 Å². The van der Waals surface area contributed by atoms with Gasteiger partial charge >= 0.3 is 0 Å². The third-order valence-corrected chi connectivity index (χ3v) is 3.11. The summed E-state index contributed by atoms with van der Waals surface area (Å²) in [5.74, 6) is 0.701. The van der Waals surface area contributed by atoms with Crippen LogP contribution >= 0.6 is 0 Å². The maximum Gasteiger partial charge on any atom is 0.0599 e. The third-order valence-electron chi connectivity index (χ3n) is 3.11. The highest BCUT2D eigenvalue weighted by molar-refractivity contribution is 5.71. The van der Waals surface area contributed by atoms with E-state index in [0.717, 1.165) is 19.5 Å². The van der Waals surface area contributed by atoms with Crippen LogP contribution in [0.3, 0.4) is 0 Å². The maximum atomic E-state index is 3.54. The molecule has 0 saturated heterocycles. The van der Waals surface area contributed by atoms with E-state index >= 15 is 0 Å². The lowest BCUT2D eigenvalue weighted by molar-refractivity contribution is 0.618. The number of nitrogens with zero attached hydrogens (tertiary/aromatic N) is 1. The van der Waals surface area contributed by atoms with E-state index in [4.69, 9.17) is 0 Å². The second-order valence-corrected chi connectivity index (χ2v) is 4.57. The van der Waals surface area contributed by atoms with E-state index in [9.17, 15) is 0 Å². The molecule has 1 unspecified atom stereocenters. The third kappa shape index (κ3) is 2.09. The second-order valence-electron chi connectivity index (χ2n) is 4.57. The number of anilines is 2. The highest BCUT2D eigenvalue weighted by Crippen LogP contribution is 2.29. The number of aryl methyl sites for hydroxylation is 1. The van der Waals surface area contributed by atoms with Crippen molar-refractivity contribution in [3.05, 3.63) is 23.8 Å². The number of hydrogen-bond donors (Lipinski definition) is 1. The second kappa shape index (κ2) is 4.13. The van der Waals surface area contributed by atoms with Gasteiger partial charge in [-0.25, -0.2) is 0 Å². The minimum atomic E-state index is 0.701. The molecule has 1 N–H and O–H groups in total. The first-order chi connectivity index (χ1) is 7.20. The summed E-state index contributed by atoms with van der Waals surface area (Å²) in [7, 11) is 2.17. The van der Waals surface area contributed by atoms with Crippen molar-refractivity contribution in [1.82, 2.24) is 0 Å². The SMILES string of the molecule is CCc1ccc2c(c1)NCC(C)CN2C. The predicted octanol–water partition coefficient (Wildman–Crippen LogP) is 2.75. The molecule has 0 fully saturated rings.